The van der Waals surface area contributed by atoms with Gasteiger partial charge in [0.15, 0.2) is 0 Å². The lowest BCUT2D eigenvalue weighted by Crippen LogP contribution is -2.09. The molecule has 2 aromatic rings. The van der Waals surface area contributed by atoms with Gasteiger partial charge in [-0.2, -0.15) is 0 Å². The molecular weight excluding hydrogens is 304 g/mol. The van der Waals surface area contributed by atoms with Gasteiger partial charge in [0.1, 0.15) is 5.75 Å². The first-order chi connectivity index (χ1) is 11.5. The van der Waals surface area contributed by atoms with Crippen LogP contribution in [0.25, 0.3) is 0 Å². The first-order valence-corrected chi connectivity index (χ1v) is 8.04. The van der Waals surface area contributed by atoms with Gasteiger partial charge in [0.25, 0.3) is 0 Å². The average molecular weight is 328 g/mol. The molecule has 2 rings (SSSR count). The van der Waals surface area contributed by atoms with Crippen LogP contribution in [0, 0.1) is 0 Å². The first-order valence-electron chi connectivity index (χ1n) is 8.04. The van der Waals surface area contributed by atoms with Gasteiger partial charge in [0.2, 0.25) is 5.91 Å². The molecule has 5 heteroatoms. The van der Waals surface area contributed by atoms with Crippen LogP contribution in [0.5, 0.6) is 5.75 Å². The standard InChI is InChI=1S/C19H24N2O3/c1-4-24-19-9-8-18(11-16(19)12-22)20-13(2)15-6-5-7-17(10-15)21-14(3)23/h5-11,13,20,22H,4,12H2,1-3H3,(H,21,23). The van der Waals surface area contributed by atoms with Crippen LogP contribution in [0.3, 0.4) is 0 Å². The van der Waals surface area contributed by atoms with E-state index in [1.54, 1.807) is 0 Å². The van der Waals surface area contributed by atoms with Crippen molar-refractivity contribution in [2.75, 3.05) is 17.2 Å². The van der Waals surface area contributed by atoms with Gasteiger partial charge in [-0.3, -0.25) is 4.79 Å². The molecule has 128 valence electrons. The molecule has 0 aliphatic heterocycles. The van der Waals surface area contributed by atoms with Gasteiger partial charge in [0, 0.05) is 29.9 Å². The van der Waals surface area contributed by atoms with Gasteiger partial charge >= 0.3 is 0 Å². The number of aliphatic hydroxyl groups excluding tert-OH is 1. The lowest BCUT2D eigenvalue weighted by atomic mass is 10.1. The Balaban J connectivity index is 2.14. The Bertz CT molecular complexity index is 701. The highest BCUT2D eigenvalue weighted by Gasteiger charge is 2.09. The summed E-state index contributed by atoms with van der Waals surface area (Å²) in [5.74, 6) is 0.609. The second-order valence-electron chi connectivity index (χ2n) is 5.59. The van der Waals surface area contributed by atoms with E-state index < -0.39 is 0 Å². The van der Waals surface area contributed by atoms with E-state index in [1.165, 1.54) is 6.92 Å². The highest BCUT2D eigenvalue weighted by Crippen LogP contribution is 2.26. The summed E-state index contributed by atoms with van der Waals surface area (Å²) >= 11 is 0. The van der Waals surface area contributed by atoms with E-state index in [4.69, 9.17) is 4.74 Å². The molecule has 0 radical (unpaired) electrons. The van der Waals surface area contributed by atoms with Crippen LogP contribution in [0.2, 0.25) is 0 Å². The van der Waals surface area contributed by atoms with Gasteiger partial charge in [-0.1, -0.05) is 12.1 Å². The number of ether oxygens (including phenoxy) is 1. The molecule has 1 unspecified atom stereocenters. The second-order valence-corrected chi connectivity index (χ2v) is 5.59. The Hall–Kier alpha value is -2.53. The van der Waals surface area contributed by atoms with Gasteiger partial charge in [-0.25, -0.2) is 0 Å². The second kappa shape index (κ2) is 8.36. The zero-order chi connectivity index (χ0) is 17.5. The van der Waals surface area contributed by atoms with Crippen LogP contribution in [-0.2, 0) is 11.4 Å². The van der Waals surface area contributed by atoms with E-state index in [0.29, 0.717) is 12.4 Å². The summed E-state index contributed by atoms with van der Waals surface area (Å²) in [6.07, 6.45) is 0. The third kappa shape index (κ3) is 4.73. The lowest BCUT2D eigenvalue weighted by Gasteiger charge is -2.18. The Morgan fingerprint density at radius 1 is 1.21 bits per heavy atom. The number of aliphatic hydroxyl groups is 1. The molecule has 0 bridgehead atoms. The van der Waals surface area contributed by atoms with Crippen molar-refractivity contribution >= 4 is 17.3 Å². The number of carbonyl (C=O) groups excluding carboxylic acids is 1. The van der Waals surface area contributed by atoms with Crippen molar-refractivity contribution in [3.8, 4) is 5.75 Å². The fourth-order valence-electron chi connectivity index (χ4n) is 2.51. The number of benzene rings is 2. The predicted molar refractivity (Wildman–Crippen MR) is 96.3 cm³/mol. The van der Waals surface area contributed by atoms with Gasteiger partial charge in [-0.05, 0) is 49.7 Å². The van der Waals surface area contributed by atoms with E-state index in [0.717, 1.165) is 22.5 Å². The Labute approximate surface area is 142 Å². The number of nitrogens with one attached hydrogen (secondary N) is 2. The molecule has 5 nitrogen and oxygen atoms in total. The van der Waals surface area contributed by atoms with Crippen molar-refractivity contribution < 1.29 is 14.6 Å². The van der Waals surface area contributed by atoms with E-state index in [9.17, 15) is 9.90 Å². The monoisotopic (exact) mass is 328 g/mol. The molecular formula is C19H24N2O3. The lowest BCUT2D eigenvalue weighted by molar-refractivity contribution is -0.114. The van der Waals surface area contributed by atoms with Crippen molar-refractivity contribution in [3.63, 3.8) is 0 Å². The van der Waals surface area contributed by atoms with E-state index in [1.807, 2.05) is 56.3 Å². The minimum absolute atomic E-state index is 0.0446. The molecule has 0 fully saturated rings. The van der Waals surface area contributed by atoms with Gasteiger partial charge in [0.05, 0.1) is 13.2 Å². The highest BCUT2D eigenvalue weighted by atomic mass is 16.5. The predicted octanol–water partition coefficient (Wildman–Crippen LogP) is 3.71. The molecule has 3 N–H and O–H groups in total. The quantitative estimate of drug-likeness (QED) is 0.724. The Morgan fingerprint density at radius 2 is 2.00 bits per heavy atom. The maximum Gasteiger partial charge on any atom is 0.221 e. The SMILES string of the molecule is CCOc1ccc(NC(C)c2cccc(NC(C)=O)c2)cc1CO. The summed E-state index contributed by atoms with van der Waals surface area (Å²) in [5, 5.41) is 15.7. The van der Waals surface area contributed by atoms with Crippen LogP contribution in [-0.4, -0.2) is 17.6 Å². The number of anilines is 2. The van der Waals surface area contributed by atoms with Gasteiger partial charge < -0.3 is 20.5 Å². The van der Waals surface area contributed by atoms with Crippen molar-refractivity contribution in [1.82, 2.24) is 0 Å². The summed E-state index contributed by atoms with van der Waals surface area (Å²) in [4.78, 5) is 11.2. The van der Waals surface area contributed by atoms with Crippen molar-refractivity contribution in [2.45, 2.75) is 33.4 Å². The molecule has 0 aliphatic carbocycles. The smallest absolute Gasteiger partial charge is 0.221 e. The van der Waals surface area contributed by atoms with Gasteiger partial charge in [-0.15, -0.1) is 0 Å². The van der Waals surface area contributed by atoms with E-state index >= 15 is 0 Å². The third-order valence-electron chi connectivity index (χ3n) is 3.62. The normalized spacial score (nSPS) is 11.7. The van der Waals surface area contributed by atoms with Crippen LogP contribution in [0.4, 0.5) is 11.4 Å². The van der Waals surface area contributed by atoms with Crippen LogP contribution < -0.4 is 15.4 Å². The van der Waals surface area contributed by atoms with Crippen molar-refractivity contribution in [1.29, 1.82) is 0 Å². The molecule has 0 saturated carbocycles. The summed E-state index contributed by atoms with van der Waals surface area (Å²) in [5.41, 5.74) is 3.48. The summed E-state index contributed by atoms with van der Waals surface area (Å²) in [6.45, 7) is 5.94. The number of hydrogen-bond donors (Lipinski definition) is 3. The Kier molecular flexibility index (Phi) is 6.21. The fourth-order valence-corrected chi connectivity index (χ4v) is 2.51. The average Bonchev–Trinajstić information content (AvgIpc) is 2.56. The van der Waals surface area contributed by atoms with Crippen LogP contribution in [0.1, 0.15) is 37.9 Å². The number of rotatable bonds is 7. The van der Waals surface area contributed by atoms with Crippen LogP contribution >= 0.6 is 0 Å². The minimum Gasteiger partial charge on any atom is -0.494 e. The summed E-state index contributed by atoms with van der Waals surface area (Å²) < 4.78 is 5.50. The fraction of sp³-hybridized carbons (Fsp3) is 0.316. The van der Waals surface area contributed by atoms with E-state index in [-0.39, 0.29) is 18.6 Å². The summed E-state index contributed by atoms with van der Waals surface area (Å²) in [7, 11) is 0. The zero-order valence-electron chi connectivity index (χ0n) is 14.3. The molecule has 0 aromatic heterocycles. The maximum atomic E-state index is 11.2. The zero-order valence-corrected chi connectivity index (χ0v) is 14.3. The summed E-state index contributed by atoms with van der Waals surface area (Å²) in [6, 6.07) is 13.4. The molecule has 0 aliphatic rings. The number of amides is 1. The maximum absolute atomic E-state index is 11.2. The number of hydrogen-bond acceptors (Lipinski definition) is 4. The van der Waals surface area contributed by atoms with Crippen molar-refractivity contribution in [2.24, 2.45) is 0 Å². The van der Waals surface area contributed by atoms with E-state index in [2.05, 4.69) is 10.6 Å². The molecule has 24 heavy (non-hydrogen) atoms. The molecule has 2 aromatic carbocycles. The molecule has 1 amide bonds. The molecule has 1 atom stereocenters. The first kappa shape index (κ1) is 17.8. The molecule has 0 heterocycles. The highest BCUT2D eigenvalue weighted by molar-refractivity contribution is 5.88. The minimum atomic E-state index is -0.0909. The molecule has 0 spiro atoms. The van der Waals surface area contributed by atoms with Crippen LogP contribution in [0.15, 0.2) is 42.5 Å². The largest absolute Gasteiger partial charge is 0.494 e. The third-order valence-corrected chi connectivity index (χ3v) is 3.62. The Morgan fingerprint density at radius 3 is 2.67 bits per heavy atom. The molecule has 0 saturated heterocycles. The van der Waals surface area contributed by atoms with Crippen molar-refractivity contribution in [3.05, 3.63) is 53.6 Å². The topological polar surface area (TPSA) is 70.6 Å². The number of carbonyl (C=O) groups is 1.